The lowest BCUT2D eigenvalue weighted by molar-refractivity contribution is 0.00964. The molecule has 0 saturated carbocycles. The lowest BCUT2D eigenvalue weighted by Gasteiger charge is -2.37. The van der Waals surface area contributed by atoms with E-state index in [4.69, 9.17) is 19.0 Å². The third kappa shape index (κ3) is 6.65. The lowest BCUT2D eigenvalue weighted by atomic mass is 10.1. The van der Waals surface area contributed by atoms with Crippen LogP contribution in [0.5, 0.6) is 0 Å². The first-order valence-electron chi connectivity index (χ1n) is 8.13. The van der Waals surface area contributed by atoms with Gasteiger partial charge in [-0.3, -0.25) is 0 Å². The first kappa shape index (κ1) is 18.1. The van der Waals surface area contributed by atoms with Gasteiger partial charge in [0, 0.05) is 38.5 Å². The maximum Gasteiger partial charge on any atom is 0.501 e. The highest BCUT2D eigenvalue weighted by molar-refractivity contribution is 6.60. The molecule has 0 amide bonds. The first-order chi connectivity index (χ1) is 9.76. The smallest absolute Gasteiger partial charge is 0.374 e. The van der Waals surface area contributed by atoms with Crippen LogP contribution in [0.3, 0.4) is 0 Å². The molecule has 1 aliphatic heterocycles. The van der Waals surface area contributed by atoms with Gasteiger partial charge in [0.15, 0.2) is 0 Å². The van der Waals surface area contributed by atoms with Crippen molar-refractivity contribution in [1.29, 1.82) is 0 Å². The summed E-state index contributed by atoms with van der Waals surface area (Å²) < 4.78 is 18.0. The molecule has 0 aromatic rings. The zero-order chi connectivity index (χ0) is 14.7. The fourth-order valence-electron chi connectivity index (χ4n) is 2.66. The maximum absolute atomic E-state index is 6.24. The Hall–Kier alpha value is 0.0169. The van der Waals surface area contributed by atoms with Crippen LogP contribution in [0.2, 0.25) is 6.04 Å². The van der Waals surface area contributed by atoms with Gasteiger partial charge in [0.1, 0.15) is 0 Å². The van der Waals surface area contributed by atoms with Crippen LogP contribution < -0.4 is 11.1 Å². The van der Waals surface area contributed by atoms with Crippen LogP contribution in [0.15, 0.2) is 0 Å². The van der Waals surface area contributed by atoms with Gasteiger partial charge in [-0.1, -0.05) is 0 Å². The average Bonchev–Trinajstić information content (AvgIpc) is 2.43. The Morgan fingerprint density at radius 3 is 2.60 bits per heavy atom. The fourth-order valence-corrected chi connectivity index (χ4v) is 5.55. The Balaban J connectivity index is 2.25. The summed E-state index contributed by atoms with van der Waals surface area (Å²) in [7, 11) is -2.36. The SMILES string of the molecule is CCO[Si]1(OCC)CCCC(CCCCNCCN)O1. The van der Waals surface area contributed by atoms with E-state index >= 15 is 0 Å². The first-order valence-corrected chi connectivity index (χ1v) is 10.1. The number of hydrogen-bond donors (Lipinski definition) is 2. The molecule has 1 aliphatic rings. The highest BCUT2D eigenvalue weighted by Gasteiger charge is 2.45. The summed E-state index contributed by atoms with van der Waals surface area (Å²) in [5.74, 6) is 0. The molecule has 1 saturated heterocycles. The minimum atomic E-state index is -2.36. The Labute approximate surface area is 124 Å². The molecule has 1 fully saturated rings. The molecule has 0 aromatic heterocycles. The van der Waals surface area contributed by atoms with Gasteiger partial charge in [-0.2, -0.15) is 0 Å². The predicted octanol–water partition coefficient (Wildman–Crippen LogP) is 1.90. The molecule has 0 spiro atoms. The molecule has 1 rings (SSSR count). The van der Waals surface area contributed by atoms with Crippen LogP contribution >= 0.6 is 0 Å². The summed E-state index contributed by atoms with van der Waals surface area (Å²) in [5.41, 5.74) is 5.44. The van der Waals surface area contributed by atoms with Crippen LogP contribution in [0.1, 0.15) is 46.0 Å². The molecule has 6 heteroatoms. The third-order valence-corrected chi connectivity index (χ3v) is 6.65. The molecule has 0 bridgehead atoms. The predicted molar refractivity (Wildman–Crippen MR) is 83.7 cm³/mol. The standard InChI is InChI=1S/C14H32N2O3Si/c1-3-17-20(18-4-2)13-7-9-14(19-20)8-5-6-11-16-12-10-15/h14,16H,3-13,15H2,1-2H3. The van der Waals surface area contributed by atoms with E-state index in [0.717, 1.165) is 32.0 Å². The molecule has 5 nitrogen and oxygen atoms in total. The van der Waals surface area contributed by atoms with Gasteiger partial charge in [-0.05, 0) is 52.5 Å². The van der Waals surface area contributed by atoms with Gasteiger partial charge >= 0.3 is 8.80 Å². The van der Waals surface area contributed by atoms with Crippen LogP contribution in [0.4, 0.5) is 0 Å². The van der Waals surface area contributed by atoms with Gasteiger partial charge < -0.3 is 24.3 Å². The van der Waals surface area contributed by atoms with Crippen molar-refractivity contribution in [2.24, 2.45) is 5.73 Å². The van der Waals surface area contributed by atoms with Crippen molar-refractivity contribution < 1.29 is 13.3 Å². The highest BCUT2D eigenvalue weighted by atomic mass is 28.4. The van der Waals surface area contributed by atoms with Crippen molar-refractivity contribution >= 4 is 8.80 Å². The second-order valence-electron chi connectivity index (χ2n) is 5.22. The highest BCUT2D eigenvalue weighted by Crippen LogP contribution is 2.30. The average molecular weight is 305 g/mol. The van der Waals surface area contributed by atoms with Crippen LogP contribution in [-0.2, 0) is 13.3 Å². The van der Waals surface area contributed by atoms with Crippen molar-refractivity contribution in [2.45, 2.75) is 58.1 Å². The van der Waals surface area contributed by atoms with Gasteiger partial charge in [0.25, 0.3) is 0 Å². The van der Waals surface area contributed by atoms with Crippen LogP contribution in [-0.4, -0.2) is 47.8 Å². The van der Waals surface area contributed by atoms with E-state index in [1.54, 1.807) is 0 Å². The monoisotopic (exact) mass is 304 g/mol. The zero-order valence-corrected chi connectivity index (χ0v) is 14.2. The van der Waals surface area contributed by atoms with Gasteiger partial charge in [0.2, 0.25) is 0 Å². The van der Waals surface area contributed by atoms with Gasteiger partial charge in [-0.25, -0.2) is 0 Å². The Kier molecular flexibility index (Phi) is 9.67. The van der Waals surface area contributed by atoms with Crippen molar-refractivity contribution in [3.05, 3.63) is 0 Å². The number of nitrogens with two attached hydrogens (primary N) is 1. The number of nitrogens with one attached hydrogen (secondary N) is 1. The summed E-state index contributed by atoms with van der Waals surface area (Å²) in [6, 6.07) is 0.975. The summed E-state index contributed by atoms with van der Waals surface area (Å²) >= 11 is 0. The van der Waals surface area contributed by atoms with E-state index in [1.165, 1.54) is 19.3 Å². The molecule has 1 atom stereocenters. The lowest BCUT2D eigenvalue weighted by Crippen LogP contribution is -2.51. The maximum atomic E-state index is 6.24. The normalized spacial score (nSPS) is 22.1. The van der Waals surface area contributed by atoms with E-state index in [1.807, 2.05) is 13.8 Å². The second-order valence-corrected chi connectivity index (χ2v) is 7.89. The van der Waals surface area contributed by atoms with Crippen LogP contribution in [0, 0.1) is 0 Å². The molecule has 3 N–H and O–H groups in total. The Morgan fingerprint density at radius 1 is 1.20 bits per heavy atom. The topological polar surface area (TPSA) is 65.7 Å². The fraction of sp³-hybridized carbons (Fsp3) is 1.00. The minimum Gasteiger partial charge on any atom is -0.374 e. The molecule has 0 aliphatic carbocycles. The third-order valence-electron chi connectivity index (χ3n) is 3.53. The summed E-state index contributed by atoms with van der Waals surface area (Å²) in [5, 5.41) is 3.32. The van der Waals surface area contributed by atoms with Gasteiger partial charge in [-0.15, -0.1) is 0 Å². The quantitative estimate of drug-likeness (QED) is 0.451. The molecular formula is C14H32N2O3Si. The van der Waals surface area contributed by atoms with Crippen molar-refractivity contribution in [3.63, 3.8) is 0 Å². The molecule has 20 heavy (non-hydrogen) atoms. The summed E-state index contributed by atoms with van der Waals surface area (Å²) in [4.78, 5) is 0. The minimum absolute atomic E-state index is 0.322. The van der Waals surface area contributed by atoms with Gasteiger partial charge in [0.05, 0.1) is 0 Å². The Bertz CT molecular complexity index is 233. The Morgan fingerprint density at radius 2 is 1.95 bits per heavy atom. The number of hydrogen-bond acceptors (Lipinski definition) is 5. The molecular weight excluding hydrogens is 272 g/mol. The van der Waals surface area contributed by atoms with E-state index in [9.17, 15) is 0 Å². The van der Waals surface area contributed by atoms with E-state index in [2.05, 4.69) is 5.32 Å². The van der Waals surface area contributed by atoms with Crippen LogP contribution in [0.25, 0.3) is 0 Å². The van der Waals surface area contributed by atoms with E-state index < -0.39 is 8.80 Å². The van der Waals surface area contributed by atoms with Crippen molar-refractivity contribution in [2.75, 3.05) is 32.8 Å². The molecule has 0 aromatic carbocycles. The largest absolute Gasteiger partial charge is 0.501 e. The summed E-state index contributed by atoms with van der Waals surface area (Å²) in [6.45, 7) is 8.06. The summed E-state index contributed by atoms with van der Waals surface area (Å²) in [6.07, 6.45) is 6.11. The zero-order valence-electron chi connectivity index (χ0n) is 13.2. The van der Waals surface area contributed by atoms with E-state index in [-0.39, 0.29) is 0 Å². The molecule has 1 unspecified atom stereocenters. The number of rotatable bonds is 11. The molecule has 1 heterocycles. The van der Waals surface area contributed by atoms with E-state index in [0.29, 0.717) is 25.9 Å². The molecule has 120 valence electrons. The van der Waals surface area contributed by atoms with Crippen molar-refractivity contribution in [3.8, 4) is 0 Å². The number of unbranched alkanes of at least 4 members (excludes halogenated alkanes) is 1. The molecule has 0 radical (unpaired) electrons. The second kappa shape index (κ2) is 10.7. The van der Waals surface area contributed by atoms with Crippen molar-refractivity contribution in [1.82, 2.24) is 5.32 Å².